The summed E-state index contributed by atoms with van der Waals surface area (Å²) in [4.78, 5) is 9.04. The number of nitrogens with one attached hydrogen (secondary N) is 3. The summed E-state index contributed by atoms with van der Waals surface area (Å²) in [5.74, 6) is -0.0869. The summed E-state index contributed by atoms with van der Waals surface area (Å²) in [6, 6.07) is 16.3. The van der Waals surface area contributed by atoms with Crippen LogP contribution in [-0.4, -0.2) is 15.0 Å². The molecule has 0 aliphatic heterocycles. The van der Waals surface area contributed by atoms with Crippen molar-refractivity contribution in [1.29, 1.82) is 0 Å². The van der Waals surface area contributed by atoms with Crippen LogP contribution in [0, 0.1) is 0 Å². The summed E-state index contributed by atoms with van der Waals surface area (Å²) in [7, 11) is -4.57. The summed E-state index contributed by atoms with van der Waals surface area (Å²) in [5, 5.41) is 2.44. The Balaban J connectivity index is 1.47. The van der Waals surface area contributed by atoms with Crippen LogP contribution < -0.4 is 13.6 Å². The summed E-state index contributed by atoms with van der Waals surface area (Å²) >= 11 is 30.2. The minimum absolute atomic E-state index is 0.0290. The first-order chi connectivity index (χ1) is 18.1. The van der Waals surface area contributed by atoms with Crippen LogP contribution in [0.1, 0.15) is 0 Å². The van der Waals surface area contributed by atoms with Gasteiger partial charge in [0.25, 0.3) is 0 Å². The van der Waals surface area contributed by atoms with Gasteiger partial charge in [0.15, 0.2) is 0 Å². The van der Waals surface area contributed by atoms with Gasteiger partial charge in [0.2, 0.25) is 17.6 Å². The number of H-pyrrole nitrogens is 3. The predicted molar refractivity (Wildman–Crippen MR) is 163 cm³/mol. The molecule has 0 spiro atoms. The average molecular weight is 783 g/mol. The first-order valence-electron chi connectivity index (χ1n) is 10.7. The van der Waals surface area contributed by atoms with Crippen LogP contribution in [0.5, 0.6) is 17.6 Å². The molecule has 7 nitrogen and oxygen atoms in total. The maximum Gasteiger partial charge on any atom is 0.650 e. The topological polar surface area (TPSA) is 92.1 Å². The first-order valence-corrected chi connectivity index (χ1v) is 15.7. The van der Waals surface area contributed by atoms with Gasteiger partial charge < -0.3 is 28.5 Å². The van der Waals surface area contributed by atoms with Crippen LogP contribution in [0.25, 0.3) is 32.7 Å². The van der Waals surface area contributed by atoms with Crippen molar-refractivity contribution in [2.24, 2.45) is 0 Å². The van der Waals surface area contributed by atoms with Gasteiger partial charge >= 0.3 is 7.82 Å². The maximum absolute atomic E-state index is 14.3. The molecule has 6 aromatic rings. The number of phosphoric ester groups is 1. The highest BCUT2D eigenvalue weighted by Crippen LogP contribution is 2.55. The smallest absolute Gasteiger partial charge is 0.368 e. The van der Waals surface area contributed by atoms with Crippen LogP contribution in [0.15, 0.2) is 68.0 Å². The second-order valence-electron chi connectivity index (χ2n) is 8.01. The molecule has 3 aromatic carbocycles. The van der Waals surface area contributed by atoms with Gasteiger partial charge in [0, 0.05) is 29.6 Å². The third-order valence-corrected chi connectivity index (χ3v) is 9.93. The molecule has 0 bridgehead atoms. The molecule has 14 heteroatoms. The normalized spacial score (nSPS) is 12.1. The molecule has 3 aromatic heterocycles. The van der Waals surface area contributed by atoms with E-state index in [2.05, 4.69) is 62.7 Å². The van der Waals surface area contributed by atoms with E-state index in [1.54, 1.807) is 18.2 Å². The molecule has 0 saturated carbocycles. The van der Waals surface area contributed by atoms with Crippen LogP contribution >= 0.6 is 90.4 Å². The Bertz CT molecular complexity index is 1720. The summed E-state index contributed by atoms with van der Waals surface area (Å²) in [5.41, 5.74) is 1.93. The van der Waals surface area contributed by atoms with E-state index in [0.717, 1.165) is 13.4 Å². The van der Waals surface area contributed by atoms with E-state index < -0.39 is 7.82 Å². The van der Waals surface area contributed by atoms with Gasteiger partial charge in [0.05, 0.1) is 16.6 Å². The van der Waals surface area contributed by atoms with Gasteiger partial charge in [0.1, 0.15) is 15.1 Å². The molecular weight excluding hydrogens is 771 g/mol. The molecule has 0 saturated heterocycles. The quantitative estimate of drug-likeness (QED) is 0.147. The molecule has 0 fully saturated rings. The Morgan fingerprint density at radius 2 is 0.842 bits per heavy atom. The minimum atomic E-state index is -4.57. The van der Waals surface area contributed by atoms with Gasteiger partial charge in [-0.2, -0.15) is 4.57 Å². The van der Waals surface area contributed by atoms with Crippen molar-refractivity contribution >= 4 is 123 Å². The predicted octanol–water partition coefficient (Wildman–Crippen LogP) is 11.0. The molecule has 3 N–H and O–H groups in total. The van der Waals surface area contributed by atoms with Crippen LogP contribution in [0.4, 0.5) is 0 Å². The SMILES string of the molecule is O=P(Oc1[nH]c2cccc(Br)c2c1Cl)(Oc1[nH]c2cccc(Br)c2c1Cl)Oc1[nH]c2cccc(Br)c2c1Cl. The highest BCUT2D eigenvalue weighted by molar-refractivity contribution is 9.11. The number of halogens is 6. The molecule has 194 valence electrons. The second-order valence-corrected chi connectivity index (χ2v) is 13.2. The maximum atomic E-state index is 14.3. The number of fused-ring (bicyclic) bond motifs is 3. The summed E-state index contributed by atoms with van der Waals surface area (Å²) in [6.07, 6.45) is 0. The van der Waals surface area contributed by atoms with Crippen molar-refractivity contribution in [2.45, 2.75) is 0 Å². The Labute approximate surface area is 255 Å². The zero-order chi connectivity index (χ0) is 26.8. The lowest BCUT2D eigenvalue weighted by Crippen LogP contribution is -2.08. The monoisotopic (exact) mass is 779 g/mol. The van der Waals surface area contributed by atoms with Gasteiger partial charge in [-0.3, -0.25) is 0 Å². The minimum Gasteiger partial charge on any atom is -0.368 e. The molecule has 0 radical (unpaired) electrons. The number of phosphoric acid groups is 1. The number of aromatic nitrogens is 3. The Kier molecular flexibility index (Phi) is 6.96. The lowest BCUT2D eigenvalue weighted by atomic mass is 10.2. The number of rotatable bonds is 6. The number of hydrogen-bond donors (Lipinski definition) is 3. The summed E-state index contributed by atoms with van der Waals surface area (Å²) < 4.78 is 34.1. The lowest BCUT2D eigenvalue weighted by Gasteiger charge is -2.17. The van der Waals surface area contributed by atoms with Gasteiger partial charge in [-0.25, -0.2) is 0 Å². The number of hydrogen-bond acceptors (Lipinski definition) is 4. The fourth-order valence-electron chi connectivity index (χ4n) is 4.01. The van der Waals surface area contributed by atoms with E-state index in [9.17, 15) is 4.57 Å². The van der Waals surface area contributed by atoms with Crippen molar-refractivity contribution < 1.29 is 18.1 Å². The molecular formula is C24H12Br3Cl3N3O4P. The molecule has 0 aliphatic rings. The van der Waals surface area contributed by atoms with E-state index in [0.29, 0.717) is 32.7 Å². The van der Waals surface area contributed by atoms with Gasteiger partial charge in [-0.05, 0) is 36.4 Å². The zero-order valence-corrected chi connectivity index (χ0v) is 26.5. The first kappa shape index (κ1) is 26.4. The largest absolute Gasteiger partial charge is 0.650 e. The Hall–Kier alpha value is -1.78. The standard InChI is InChI=1S/C24H12Br3Cl3N3O4P/c25-10-4-1-7-13-16(10)19(28)22(31-13)35-38(34,36-23-20(29)17-11(26)5-2-8-14(17)32-23)37-24-21(30)18-12(27)6-3-9-15(18)33-24/h1-9,31-33H. The molecule has 6 rings (SSSR count). The molecule has 38 heavy (non-hydrogen) atoms. The van der Waals surface area contributed by atoms with Crippen molar-refractivity contribution in [3.05, 3.63) is 83.1 Å². The fraction of sp³-hybridized carbons (Fsp3) is 0. The lowest BCUT2D eigenvalue weighted by molar-refractivity contribution is 0.289. The molecule has 3 heterocycles. The zero-order valence-electron chi connectivity index (χ0n) is 18.5. The van der Waals surface area contributed by atoms with Gasteiger partial charge in [-0.15, -0.1) is 0 Å². The van der Waals surface area contributed by atoms with E-state index in [1.807, 2.05) is 36.4 Å². The highest BCUT2D eigenvalue weighted by Gasteiger charge is 2.38. The van der Waals surface area contributed by atoms with Crippen LogP contribution in [-0.2, 0) is 4.57 Å². The van der Waals surface area contributed by atoms with Gasteiger partial charge in [-0.1, -0.05) is 101 Å². The Morgan fingerprint density at radius 3 is 1.11 bits per heavy atom. The number of aromatic amines is 3. The van der Waals surface area contributed by atoms with E-state index in [4.69, 9.17) is 48.4 Å². The fourth-order valence-corrected chi connectivity index (χ4v) is 8.27. The van der Waals surface area contributed by atoms with Crippen molar-refractivity contribution in [3.63, 3.8) is 0 Å². The molecule has 0 unspecified atom stereocenters. The van der Waals surface area contributed by atoms with Crippen molar-refractivity contribution in [2.75, 3.05) is 0 Å². The average Bonchev–Trinajstić information content (AvgIpc) is 3.47. The van der Waals surface area contributed by atoms with Crippen LogP contribution in [0.2, 0.25) is 15.1 Å². The van der Waals surface area contributed by atoms with Crippen LogP contribution in [0.3, 0.4) is 0 Å². The molecule has 0 amide bonds. The molecule has 0 atom stereocenters. The number of benzene rings is 3. The molecule has 0 aliphatic carbocycles. The highest BCUT2D eigenvalue weighted by atomic mass is 79.9. The summed E-state index contributed by atoms with van der Waals surface area (Å²) in [6.45, 7) is 0. The second kappa shape index (κ2) is 10.0. The third kappa shape index (κ3) is 4.54. The van der Waals surface area contributed by atoms with Crippen molar-refractivity contribution in [1.82, 2.24) is 15.0 Å². The third-order valence-electron chi connectivity index (χ3n) is 5.65. The Morgan fingerprint density at radius 1 is 0.553 bits per heavy atom. The van der Waals surface area contributed by atoms with E-state index in [1.165, 1.54) is 0 Å². The van der Waals surface area contributed by atoms with E-state index in [-0.39, 0.29) is 32.7 Å². The van der Waals surface area contributed by atoms with E-state index >= 15 is 0 Å². The van der Waals surface area contributed by atoms with Crippen molar-refractivity contribution in [3.8, 4) is 17.6 Å².